The van der Waals surface area contributed by atoms with Crippen molar-refractivity contribution < 1.29 is 14.7 Å². The van der Waals surface area contributed by atoms with Crippen LogP contribution in [-0.4, -0.2) is 48.1 Å². The maximum absolute atomic E-state index is 13.9. The lowest BCUT2D eigenvalue weighted by molar-refractivity contribution is -0.124. The third-order valence-corrected chi connectivity index (χ3v) is 8.26. The molecule has 1 saturated carbocycles. The zero-order valence-electron chi connectivity index (χ0n) is 19.3. The lowest BCUT2D eigenvalue weighted by atomic mass is 9.82. The van der Waals surface area contributed by atoms with Gasteiger partial charge in [0.25, 0.3) is 0 Å². The number of anilines is 1. The van der Waals surface area contributed by atoms with E-state index in [0.717, 1.165) is 62.1 Å². The Kier molecular flexibility index (Phi) is 7.16. The number of thiophene rings is 1. The van der Waals surface area contributed by atoms with Crippen molar-refractivity contribution in [2.75, 3.05) is 25.0 Å². The Hall–Kier alpha value is -2.69. The molecule has 174 valence electrons. The van der Waals surface area contributed by atoms with Gasteiger partial charge in [0.2, 0.25) is 5.91 Å². The largest absolute Gasteiger partial charge is 0.477 e. The summed E-state index contributed by atoms with van der Waals surface area (Å²) in [5.41, 5.74) is 1.95. The minimum absolute atomic E-state index is 0.0121. The van der Waals surface area contributed by atoms with Crippen LogP contribution in [0.25, 0.3) is 15.3 Å². The van der Waals surface area contributed by atoms with E-state index in [2.05, 4.69) is 23.7 Å². The highest BCUT2D eigenvalue weighted by Gasteiger charge is 2.37. The minimum atomic E-state index is -0.998. The van der Waals surface area contributed by atoms with Crippen LogP contribution >= 0.6 is 11.3 Å². The molecule has 0 bridgehead atoms. The number of nitrogens with zero attached hydrogens (tertiary/aromatic N) is 3. The Morgan fingerprint density at radius 3 is 2.30 bits per heavy atom. The van der Waals surface area contributed by atoms with E-state index in [0.29, 0.717) is 17.3 Å². The molecule has 1 aromatic carbocycles. The van der Waals surface area contributed by atoms with Gasteiger partial charge in [-0.1, -0.05) is 31.2 Å². The molecule has 2 heterocycles. The summed E-state index contributed by atoms with van der Waals surface area (Å²) < 4.78 is 0. The third kappa shape index (κ3) is 5.13. The third-order valence-electron chi connectivity index (χ3n) is 7.10. The molecule has 0 spiro atoms. The quantitative estimate of drug-likeness (QED) is 0.557. The summed E-state index contributed by atoms with van der Waals surface area (Å²) in [6, 6.07) is 9.06. The van der Waals surface area contributed by atoms with Crippen LogP contribution in [0.4, 0.5) is 11.4 Å². The number of carboxylic acid groups (broad SMARTS) is 1. The van der Waals surface area contributed by atoms with E-state index in [4.69, 9.17) is 6.57 Å². The lowest BCUT2D eigenvalue weighted by Gasteiger charge is -2.39. The van der Waals surface area contributed by atoms with Gasteiger partial charge >= 0.3 is 5.97 Å². The molecule has 1 aromatic heterocycles. The number of piperidine rings is 1. The molecule has 7 heteroatoms. The van der Waals surface area contributed by atoms with Gasteiger partial charge < -0.3 is 14.9 Å². The van der Waals surface area contributed by atoms with E-state index < -0.39 is 5.97 Å². The molecule has 1 aliphatic carbocycles. The van der Waals surface area contributed by atoms with Crippen molar-refractivity contribution in [3.8, 4) is 10.4 Å². The SMILES string of the molecule is [C-]#[N+]c1ccc(-c2cc(N(C(=O)C3CCC(C)CC3)C3CCN(C)CC3)c(C(=O)O)s2)cc1. The van der Waals surface area contributed by atoms with Crippen LogP contribution in [0.3, 0.4) is 0 Å². The normalized spacial score (nSPS) is 22.0. The van der Waals surface area contributed by atoms with Crippen molar-refractivity contribution in [2.24, 2.45) is 11.8 Å². The zero-order valence-corrected chi connectivity index (χ0v) is 20.1. The van der Waals surface area contributed by atoms with Crippen molar-refractivity contribution in [2.45, 2.75) is 51.5 Å². The monoisotopic (exact) mass is 465 g/mol. The predicted octanol–water partition coefficient (Wildman–Crippen LogP) is 5.92. The molecule has 1 amide bonds. The van der Waals surface area contributed by atoms with Crippen LogP contribution in [0.15, 0.2) is 30.3 Å². The van der Waals surface area contributed by atoms with Gasteiger partial charge in [0.05, 0.1) is 12.3 Å². The van der Waals surface area contributed by atoms with Crippen LogP contribution in [0, 0.1) is 18.4 Å². The number of carboxylic acids is 1. The van der Waals surface area contributed by atoms with Crippen molar-refractivity contribution >= 4 is 34.6 Å². The Balaban J connectivity index is 1.73. The smallest absolute Gasteiger partial charge is 0.348 e. The van der Waals surface area contributed by atoms with Crippen LogP contribution in [0.1, 0.15) is 55.1 Å². The molecular formula is C26H31N3O3S. The fourth-order valence-electron chi connectivity index (χ4n) is 5.01. The number of aromatic carboxylic acids is 1. The number of hydrogen-bond acceptors (Lipinski definition) is 4. The van der Waals surface area contributed by atoms with Gasteiger partial charge in [0.1, 0.15) is 4.88 Å². The first-order valence-corrected chi connectivity index (χ1v) is 12.6. The van der Waals surface area contributed by atoms with Gasteiger partial charge in [0, 0.05) is 16.8 Å². The number of carbonyl (C=O) groups excluding carboxylic acids is 1. The van der Waals surface area contributed by atoms with Gasteiger partial charge in [-0.2, -0.15) is 0 Å². The van der Waals surface area contributed by atoms with Crippen LogP contribution in [0.2, 0.25) is 0 Å². The van der Waals surface area contributed by atoms with Crippen molar-refractivity contribution in [1.29, 1.82) is 0 Å². The second-order valence-corrected chi connectivity index (χ2v) is 10.5. The van der Waals surface area contributed by atoms with Crippen LogP contribution in [-0.2, 0) is 4.79 Å². The van der Waals surface area contributed by atoms with Gasteiger partial charge in [-0.15, -0.1) is 11.3 Å². The first-order valence-electron chi connectivity index (χ1n) is 11.7. The standard InChI is InChI=1S/C26H31N3O3S/c1-17-4-6-19(7-5-17)25(30)29(21-12-14-28(3)15-13-21)22-16-23(33-24(22)26(31)32)18-8-10-20(27-2)11-9-18/h8-11,16-17,19,21H,4-7,12-15H2,1,3H3,(H,31,32). The minimum Gasteiger partial charge on any atom is -0.477 e. The molecule has 2 aromatic rings. The first-order chi connectivity index (χ1) is 15.9. The molecule has 0 atom stereocenters. The molecule has 33 heavy (non-hydrogen) atoms. The fourth-order valence-corrected chi connectivity index (χ4v) is 6.00. The molecule has 0 unspecified atom stereocenters. The highest BCUT2D eigenvalue weighted by Crippen LogP contribution is 2.41. The summed E-state index contributed by atoms with van der Waals surface area (Å²) >= 11 is 1.21. The molecule has 4 rings (SSSR count). The maximum atomic E-state index is 13.9. The van der Waals surface area contributed by atoms with E-state index >= 15 is 0 Å². The highest BCUT2D eigenvalue weighted by atomic mass is 32.1. The molecule has 2 aliphatic rings. The van der Waals surface area contributed by atoms with Gasteiger partial charge in [-0.25, -0.2) is 9.64 Å². The molecule has 6 nitrogen and oxygen atoms in total. The summed E-state index contributed by atoms with van der Waals surface area (Å²) in [5, 5.41) is 10.0. The van der Waals surface area contributed by atoms with Crippen molar-refractivity contribution in [3.63, 3.8) is 0 Å². The number of amides is 1. The second kappa shape index (κ2) is 10.1. The number of hydrogen-bond donors (Lipinski definition) is 1. The topological polar surface area (TPSA) is 65.2 Å². The van der Waals surface area contributed by atoms with Crippen LogP contribution < -0.4 is 4.90 Å². The summed E-state index contributed by atoms with van der Waals surface area (Å²) in [7, 11) is 2.09. The maximum Gasteiger partial charge on any atom is 0.348 e. The second-order valence-electron chi connectivity index (χ2n) is 9.49. The molecule has 1 saturated heterocycles. The highest BCUT2D eigenvalue weighted by molar-refractivity contribution is 7.18. The average molecular weight is 466 g/mol. The Bertz CT molecular complexity index is 1040. The summed E-state index contributed by atoms with van der Waals surface area (Å²) in [5.74, 6) is -0.302. The van der Waals surface area contributed by atoms with E-state index in [9.17, 15) is 14.7 Å². The number of carbonyl (C=O) groups is 2. The average Bonchev–Trinajstić information content (AvgIpc) is 3.26. The molecule has 1 aliphatic heterocycles. The van der Waals surface area contributed by atoms with Crippen molar-refractivity contribution in [3.05, 3.63) is 46.6 Å². The molecule has 2 fully saturated rings. The van der Waals surface area contributed by atoms with E-state index in [-0.39, 0.29) is 22.7 Å². The predicted molar refractivity (Wildman–Crippen MR) is 132 cm³/mol. The Labute approximate surface area is 199 Å². The van der Waals surface area contributed by atoms with Crippen molar-refractivity contribution in [1.82, 2.24) is 4.90 Å². The van der Waals surface area contributed by atoms with E-state index in [1.807, 2.05) is 23.1 Å². The van der Waals surface area contributed by atoms with E-state index in [1.54, 1.807) is 12.1 Å². The number of benzene rings is 1. The molecular weight excluding hydrogens is 434 g/mol. The van der Waals surface area contributed by atoms with Gasteiger partial charge in [0.15, 0.2) is 5.69 Å². The lowest BCUT2D eigenvalue weighted by Crippen LogP contribution is -2.49. The van der Waals surface area contributed by atoms with Gasteiger partial charge in [-0.3, -0.25) is 4.79 Å². The van der Waals surface area contributed by atoms with E-state index in [1.165, 1.54) is 11.3 Å². The number of rotatable bonds is 5. The summed E-state index contributed by atoms with van der Waals surface area (Å²) in [6.07, 6.45) is 5.53. The Morgan fingerprint density at radius 2 is 1.73 bits per heavy atom. The number of likely N-dealkylation sites (tertiary alicyclic amines) is 1. The fraction of sp³-hybridized carbons (Fsp3) is 0.500. The van der Waals surface area contributed by atoms with Crippen LogP contribution in [0.5, 0.6) is 0 Å². The zero-order chi connectivity index (χ0) is 23.5. The Morgan fingerprint density at radius 1 is 1.09 bits per heavy atom. The summed E-state index contributed by atoms with van der Waals surface area (Å²) in [4.78, 5) is 34.7. The van der Waals surface area contributed by atoms with Gasteiger partial charge in [-0.05, 0) is 76.2 Å². The molecule has 0 radical (unpaired) electrons. The first kappa shape index (κ1) is 23.5. The molecule has 1 N–H and O–H groups in total. The summed E-state index contributed by atoms with van der Waals surface area (Å²) in [6.45, 7) is 11.2.